The van der Waals surface area contributed by atoms with E-state index in [1.807, 2.05) is 0 Å². The van der Waals surface area contributed by atoms with Gasteiger partial charge in [-0.1, -0.05) is 41.4 Å². The standard InChI is InChI=1S/C13H9Cl2NO3S/c14-12-6-9(11(7-17)13(15)16-12)8-20(18,19)10-4-2-1-3-5-10/h1-7H,8H2. The lowest BCUT2D eigenvalue weighted by Gasteiger charge is -2.08. The van der Waals surface area contributed by atoms with E-state index in [9.17, 15) is 13.2 Å². The third kappa shape index (κ3) is 3.17. The molecule has 0 aliphatic carbocycles. The highest BCUT2D eigenvalue weighted by Crippen LogP contribution is 2.24. The van der Waals surface area contributed by atoms with Gasteiger partial charge in [0.2, 0.25) is 0 Å². The van der Waals surface area contributed by atoms with Gasteiger partial charge in [-0.2, -0.15) is 0 Å². The van der Waals surface area contributed by atoms with E-state index in [-0.39, 0.29) is 32.1 Å². The third-order valence-corrected chi connectivity index (χ3v) is 4.80. The molecule has 4 nitrogen and oxygen atoms in total. The Morgan fingerprint density at radius 1 is 1.15 bits per heavy atom. The van der Waals surface area contributed by atoms with Gasteiger partial charge >= 0.3 is 0 Å². The van der Waals surface area contributed by atoms with Gasteiger partial charge in [0.1, 0.15) is 10.3 Å². The number of aromatic nitrogens is 1. The van der Waals surface area contributed by atoms with Crippen molar-refractivity contribution in [2.45, 2.75) is 10.6 Å². The molecule has 104 valence electrons. The minimum atomic E-state index is -3.58. The van der Waals surface area contributed by atoms with Crippen LogP contribution in [0, 0.1) is 0 Å². The molecule has 0 aliphatic heterocycles. The molecule has 0 saturated heterocycles. The molecule has 0 aliphatic rings. The first-order valence-corrected chi connectivity index (χ1v) is 7.93. The highest BCUT2D eigenvalue weighted by atomic mass is 35.5. The molecular formula is C13H9Cl2NO3S. The maximum absolute atomic E-state index is 12.3. The van der Waals surface area contributed by atoms with Crippen LogP contribution >= 0.6 is 23.2 Å². The van der Waals surface area contributed by atoms with E-state index in [4.69, 9.17) is 23.2 Å². The second-order valence-electron chi connectivity index (χ2n) is 4.00. The minimum absolute atomic E-state index is 0.0376. The molecule has 0 spiro atoms. The summed E-state index contributed by atoms with van der Waals surface area (Å²) in [4.78, 5) is 14.9. The van der Waals surface area contributed by atoms with Crippen molar-refractivity contribution in [3.63, 3.8) is 0 Å². The average molecular weight is 330 g/mol. The molecule has 7 heteroatoms. The van der Waals surface area contributed by atoms with Crippen molar-refractivity contribution in [3.05, 3.63) is 57.8 Å². The monoisotopic (exact) mass is 329 g/mol. The molecule has 0 unspecified atom stereocenters. The molecule has 0 bridgehead atoms. The molecule has 1 aromatic carbocycles. The largest absolute Gasteiger partial charge is 0.298 e. The summed E-state index contributed by atoms with van der Waals surface area (Å²) in [5, 5.41) is -0.0652. The van der Waals surface area contributed by atoms with Crippen molar-refractivity contribution in [2.24, 2.45) is 0 Å². The van der Waals surface area contributed by atoms with Crippen LogP contribution in [0.5, 0.6) is 0 Å². The number of sulfone groups is 1. The molecule has 0 radical (unpaired) electrons. The first kappa shape index (κ1) is 15.0. The van der Waals surface area contributed by atoms with E-state index >= 15 is 0 Å². The molecule has 1 heterocycles. The van der Waals surface area contributed by atoms with Crippen LogP contribution in [-0.2, 0) is 15.6 Å². The molecule has 2 rings (SSSR count). The Hall–Kier alpha value is -1.43. The zero-order chi connectivity index (χ0) is 14.8. The highest BCUT2D eigenvalue weighted by molar-refractivity contribution is 7.90. The summed E-state index contributed by atoms with van der Waals surface area (Å²) in [6.07, 6.45) is 0.474. The van der Waals surface area contributed by atoms with E-state index in [0.29, 0.717) is 6.29 Å². The van der Waals surface area contributed by atoms with E-state index in [1.54, 1.807) is 18.2 Å². The number of pyridine rings is 1. The fraction of sp³-hybridized carbons (Fsp3) is 0.0769. The number of rotatable bonds is 4. The predicted octanol–water partition coefficient (Wildman–Crippen LogP) is 3.17. The van der Waals surface area contributed by atoms with Crippen molar-refractivity contribution in [1.82, 2.24) is 4.98 Å². The lowest BCUT2D eigenvalue weighted by atomic mass is 10.2. The first-order chi connectivity index (χ1) is 9.44. The van der Waals surface area contributed by atoms with Crippen molar-refractivity contribution in [2.75, 3.05) is 0 Å². The van der Waals surface area contributed by atoms with Crippen LogP contribution in [0.1, 0.15) is 15.9 Å². The van der Waals surface area contributed by atoms with Crippen LogP contribution in [0.25, 0.3) is 0 Å². The number of hydrogen-bond donors (Lipinski definition) is 0. The normalized spacial score (nSPS) is 11.3. The Morgan fingerprint density at radius 3 is 2.40 bits per heavy atom. The summed E-state index contributed by atoms with van der Waals surface area (Å²) in [7, 11) is -3.58. The van der Waals surface area contributed by atoms with Gasteiger partial charge in [0.15, 0.2) is 16.1 Å². The lowest BCUT2D eigenvalue weighted by molar-refractivity contribution is 0.112. The smallest absolute Gasteiger partial charge is 0.182 e. The Morgan fingerprint density at radius 2 is 1.80 bits per heavy atom. The summed E-state index contributed by atoms with van der Waals surface area (Å²) in [5.41, 5.74) is 0.268. The zero-order valence-corrected chi connectivity index (χ0v) is 12.4. The van der Waals surface area contributed by atoms with Crippen molar-refractivity contribution < 1.29 is 13.2 Å². The van der Waals surface area contributed by atoms with Crippen molar-refractivity contribution in [3.8, 4) is 0 Å². The second-order valence-corrected chi connectivity index (χ2v) is 6.73. The van der Waals surface area contributed by atoms with Gasteiger partial charge in [-0.05, 0) is 23.8 Å². The van der Waals surface area contributed by atoms with Gasteiger partial charge in [-0.15, -0.1) is 0 Å². The summed E-state index contributed by atoms with van der Waals surface area (Å²) < 4.78 is 24.5. The summed E-state index contributed by atoms with van der Waals surface area (Å²) in [6, 6.07) is 9.27. The molecule has 1 aromatic heterocycles. The van der Waals surface area contributed by atoms with Gasteiger partial charge < -0.3 is 0 Å². The molecule has 20 heavy (non-hydrogen) atoms. The van der Waals surface area contributed by atoms with Gasteiger partial charge in [0.25, 0.3) is 0 Å². The molecule has 0 saturated carbocycles. The maximum Gasteiger partial charge on any atom is 0.182 e. The number of benzene rings is 1. The Balaban J connectivity index is 2.47. The molecular weight excluding hydrogens is 321 g/mol. The second kappa shape index (κ2) is 5.91. The molecule has 2 aromatic rings. The molecule has 0 N–H and O–H groups in total. The molecule has 0 atom stereocenters. The van der Waals surface area contributed by atoms with Gasteiger partial charge in [0.05, 0.1) is 16.2 Å². The van der Waals surface area contributed by atoms with E-state index < -0.39 is 9.84 Å². The fourth-order valence-electron chi connectivity index (χ4n) is 1.70. The van der Waals surface area contributed by atoms with Gasteiger partial charge in [0, 0.05) is 0 Å². The number of carbonyl (C=O) groups is 1. The first-order valence-electron chi connectivity index (χ1n) is 5.52. The van der Waals surface area contributed by atoms with Gasteiger partial charge in [-0.3, -0.25) is 4.79 Å². The predicted molar refractivity (Wildman–Crippen MR) is 77.0 cm³/mol. The van der Waals surface area contributed by atoms with Crippen LogP contribution in [0.15, 0.2) is 41.3 Å². The summed E-state index contributed by atoms with van der Waals surface area (Å²) >= 11 is 11.5. The van der Waals surface area contributed by atoms with Crippen LogP contribution in [0.3, 0.4) is 0 Å². The zero-order valence-electron chi connectivity index (χ0n) is 10.1. The van der Waals surface area contributed by atoms with E-state index in [2.05, 4.69) is 4.98 Å². The quantitative estimate of drug-likeness (QED) is 0.638. The number of halogens is 2. The maximum atomic E-state index is 12.3. The summed E-state index contributed by atoms with van der Waals surface area (Å²) in [6.45, 7) is 0. The Kier molecular flexibility index (Phi) is 4.42. The SMILES string of the molecule is O=Cc1c(CS(=O)(=O)c2ccccc2)cc(Cl)nc1Cl. The highest BCUT2D eigenvalue weighted by Gasteiger charge is 2.19. The van der Waals surface area contributed by atoms with Gasteiger partial charge in [-0.25, -0.2) is 13.4 Å². The number of aldehydes is 1. The van der Waals surface area contributed by atoms with Crippen molar-refractivity contribution >= 4 is 39.3 Å². The summed E-state index contributed by atoms with van der Waals surface area (Å²) in [5.74, 6) is -0.368. The molecule has 0 amide bonds. The fourth-order valence-corrected chi connectivity index (χ4v) is 3.60. The number of carbonyl (C=O) groups excluding carboxylic acids is 1. The topological polar surface area (TPSA) is 64.1 Å². The van der Waals surface area contributed by atoms with Crippen molar-refractivity contribution in [1.29, 1.82) is 0 Å². The molecule has 0 fully saturated rings. The lowest BCUT2D eigenvalue weighted by Crippen LogP contribution is -2.08. The van der Waals surface area contributed by atoms with E-state index in [0.717, 1.165) is 0 Å². The van der Waals surface area contributed by atoms with Crippen LogP contribution in [0.2, 0.25) is 10.3 Å². The third-order valence-electron chi connectivity index (χ3n) is 2.63. The number of hydrogen-bond acceptors (Lipinski definition) is 4. The number of nitrogens with zero attached hydrogens (tertiary/aromatic N) is 1. The Bertz CT molecular complexity index is 746. The van der Waals surface area contributed by atoms with Crippen LogP contribution in [-0.4, -0.2) is 19.7 Å². The van der Waals surface area contributed by atoms with E-state index in [1.165, 1.54) is 18.2 Å². The Labute approximate surface area is 126 Å². The van der Waals surface area contributed by atoms with Crippen LogP contribution in [0.4, 0.5) is 0 Å². The minimum Gasteiger partial charge on any atom is -0.298 e. The van der Waals surface area contributed by atoms with Crippen LogP contribution < -0.4 is 0 Å². The average Bonchev–Trinajstić information content (AvgIpc) is 2.39.